The van der Waals surface area contributed by atoms with Crippen molar-refractivity contribution >= 4 is 11.0 Å². The summed E-state index contributed by atoms with van der Waals surface area (Å²) in [4.78, 5) is 20.6. The Bertz CT molecular complexity index is 644. The lowest BCUT2D eigenvalue weighted by Gasteiger charge is -2.26. The Kier molecular flexibility index (Phi) is 2.22. The molecule has 0 saturated carbocycles. The van der Waals surface area contributed by atoms with Gasteiger partial charge in [0.2, 0.25) is 0 Å². The van der Waals surface area contributed by atoms with E-state index in [4.69, 9.17) is 4.74 Å². The number of hydrogen-bond acceptors (Lipinski definition) is 4. The maximum atomic E-state index is 12.2. The smallest absolute Gasteiger partial charge is 0.255 e. The number of nitrogens with zero attached hydrogens (tertiary/aromatic N) is 3. The number of rotatable bonds is 1. The minimum atomic E-state index is 0.0175. The summed E-state index contributed by atoms with van der Waals surface area (Å²) in [7, 11) is 1.75. The van der Waals surface area contributed by atoms with Crippen LogP contribution < -0.4 is 5.56 Å². The van der Waals surface area contributed by atoms with Crippen molar-refractivity contribution in [1.29, 1.82) is 0 Å². The van der Waals surface area contributed by atoms with Gasteiger partial charge in [-0.2, -0.15) is 0 Å². The minimum absolute atomic E-state index is 0.0175. The molecule has 0 radical (unpaired) electrons. The van der Waals surface area contributed by atoms with E-state index < -0.39 is 0 Å². The quantitative estimate of drug-likeness (QED) is 0.726. The minimum Gasteiger partial charge on any atom is -0.380 e. The van der Waals surface area contributed by atoms with Gasteiger partial charge in [-0.3, -0.25) is 9.36 Å². The first kappa shape index (κ1) is 10.4. The van der Waals surface area contributed by atoms with Crippen LogP contribution in [0.25, 0.3) is 11.0 Å². The first-order valence-electron chi connectivity index (χ1n) is 5.58. The molecule has 3 heterocycles. The highest BCUT2D eigenvalue weighted by molar-refractivity contribution is 5.74. The Morgan fingerprint density at radius 1 is 1.47 bits per heavy atom. The van der Waals surface area contributed by atoms with E-state index >= 15 is 0 Å². The highest BCUT2D eigenvalue weighted by Crippen LogP contribution is 2.23. The van der Waals surface area contributed by atoms with Crippen molar-refractivity contribution in [3.63, 3.8) is 0 Å². The van der Waals surface area contributed by atoms with E-state index in [1.165, 1.54) is 0 Å². The fraction of sp³-hybridized carbons (Fsp3) is 0.417. The van der Waals surface area contributed by atoms with E-state index in [1.54, 1.807) is 17.8 Å². The molecule has 0 aliphatic carbocycles. The van der Waals surface area contributed by atoms with Gasteiger partial charge in [0.15, 0.2) is 0 Å². The molecule has 0 bridgehead atoms. The number of ether oxygens (including phenoxy) is 1. The first-order chi connectivity index (χ1) is 8.16. The third-order valence-electron chi connectivity index (χ3n) is 3.17. The molecule has 88 valence electrons. The van der Waals surface area contributed by atoms with Gasteiger partial charge in [-0.15, -0.1) is 0 Å². The molecule has 2 aromatic heterocycles. The van der Waals surface area contributed by atoms with Gasteiger partial charge in [0.05, 0.1) is 13.2 Å². The lowest BCUT2D eigenvalue weighted by molar-refractivity contribution is 0.00780. The molecule has 0 N–H and O–H groups in total. The zero-order chi connectivity index (χ0) is 12.0. The Morgan fingerprint density at radius 2 is 2.24 bits per heavy atom. The van der Waals surface area contributed by atoms with Crippen LogP contribution in [0.2, 0.25) is 0 Å². The number of fused-ring (bicyclic) bond motifs is 1. The molecule has 1 fully saturated rings. The molecular weight excluding hydrogens is 218 g/mol. The highest BCUT2D eigenvalue weighted by Gasteiger charge is 2.24. The van der Waals surface area contributed by atoms with Crippen molar-refractivity contribution in [3.8, 4) is 0 Å². The average molecular weight is 231 g/mol. The molecule has 1 aliphatic heterocycles. The van der Waals surface area contributed by atoms with Crippen molar-refractivity contribution in [2.75, 3.05) is 13.2 Å². The third-order valence-corrected chi connectivity index (χ3v) is 3.17. The summed E-state index contributed by atoms with van der Waals surface area (Å²) in [5.41, 5.74) is 1.51. The fourth-order valence-electron chi connectivity index (χ4n) is 2.06. The van der Waals surface area contributed by atoms with Crippen LogP contribution in [0.1, 0.15) is 17.3 Å². The average Bonchev–Trinajstić information content (AvgIpc) is 2.24. The summed E-state index contributed by atoms with van der Waals surface area (Å²) >= 11 is 0. The van der Waals surface area contributed by atoms with E-state index in [-0.39, 0.29) is 11.5 Å². The second-order valence-electron chi connectivity index (χ2n) is 4.39. The summed E-state index contributed by atoms with van der Waals surface area (Å²) in [5.74, 6) is 0.895. The van der Waals surface area contributed by atoms with Crippen molar-refractivity contribution in [3.05, 3.63) is 34.0 Å². The molecule has 0 spiro atoms. The lowest BCUT2D eigenvalue weighted by atomic mass is 9.98. The number of aromatic nitrogens is 3. The molecule has 17 heavy (non-hydrogen) atoms. The van der Waals surface area contributed by atoms with Crippen LogP contribution >= 0.6 is 0 Å². The molecular formula is C12H13N3O2. The predicted octanol–water partition coefficient (Wildman–Crippen LogP) is 0.751. The lowest BCUT2D eigenvalue weighted by Crippen LogP contribution is -2.33. The van der Waals surface area contributed by atoms with Crippen LogP contribution in [0.4, 0.5) is 0 Å². The molecule has 0 atom stereocenters. The van der Waals surface area contributed by atoms with Crippen molar-refractivity contribution in [1.82, 2.24) is 14.5 Å². The van der Waals surface area contributed by atoms with Crippen LogP contribution in [-0.4, -0.2) is 27.7 Å². The molecule has 0 unspecified atom stereocenters. The van der Waals surface area contributed by atoms with Gasteiger partial charge in [-0.1, -0.05) is 0 Å². The van der Waals surface area contributed by atoms with Gasteiger partial charge in [-0.05, 0) is 13.0 Å². The zero-order valence-electron chi connectivity index (χ0n) is 9.80. The maximum absolute atomic E-state index is 12.2. The van der Waals surface area contributed by atoms with Crippen molar-refractivity contribution < 1.29 is 4.74 Å². The summed E-state index contributed by atoms with van der Waals surface area (Å²) < 4.78 is 6.73. The fourth-order valence-corrected chi connectivity index (χ4v) is 2.06. The summed E-state index contributed by atoms with van der Waals surface area (Å²) in [6.07, 6.45) is 1.76. The second kappa shape index (κ2) is 3.63. The Morgan fingerprint density at radius 3 is 2.88 bits per heavy atom. The van der Waals surface area contributed by atoms with Crippen LogP contribution in [-0.2, 0) is 11.8 Å². The normalized spacial score (nSPS) is 16.1. The van der Waals surface area contributed by atoms with Gasteiger partial charge in [0.1, 0.15) is 11.5 Å². The van der Waals surface area contributed by atoms with Crippen molar-refractivity contribution in [2.24, 2.45) is 7.05 Å². The SMILES string of the molecule is Cc1ncc2cc(C3COC3)c(=O)n(C)c2n1. The number of aryl methyl sites for hydroxylation is 2. The highest BCUT2D eigenvalue weighted by atomic mass is 16.5. The van der Waals surface area contributed by atoms with Crippen LogP contribution in [0.5, 0.6) is 0 Å². The largest absolute Gasteiger partial charge is 0.380 e. The summed E-state index contributed by atoms with van der Waals surface area (Å²) in [6.45, 7) is 3.08. The molecule has 1 saturated heterocycles. The third kappa shape index (κ3) is 1.54. The van der Waals surface area contributed by atoms with Crippen molar-refractivity contribution in [2.45, 2.75) is 12.8 Å². The number of pyridine rings is 1. The van der Waals surface area contributed by atoms with Crippen LogP contribution in [0, 0.1) is 6.92 Å². The molecule has 2 aromatic rings. The summed E-state index contributed by atoms with van der Waals surface area (Å²) in [5, 5.41) is 0.902. The summed E-state index contributed by atoms with van der Waals surface area (Å²) in [6, 6.07) is 1.89. The monoisotopic (exact) mass is 231 g/mol. The second-order valence-corrected chi connectivity index (χ2v) is 4.39. The van der Waals surface area contributed by atoms with Crippen LogP contribution in [0.3, 0.4) is 0 Å². The van der Waals surface area contributed by atoms with E-state index in [1.807, 2.05) is 13.0 Å². The predicted molar refractivity (Wildman–Crippen MR) is 63.1 cm³/mol. The molecule has 1 aliphatic rings. The molecule has 5 nitrogen and oxygen atoms in total. The van der Waals surface area contributed by atoms with Gasteiger partial charge >= 0.3 is 0 Å². The maximum Gasteiger partial charge on any atom is 0.255 e. The Hall–Kier alpha value is -1.75. The zero-order valence-corrected chi connectivity index (χ0v) is 9.80. The molecule has 5 heteroatoms. The van der Waals surface area contributed by atoms with E-state index in [9.17, 15) is 4.79 Å². The molecule has 0 aromatic carbocycles. The van der Waals surface area contributed by atoms with Gasteiger partial charge in [0.25, 0.3) is 5.56 Å². The standard InChI is InChI=1S/C12H13N3O2/c1-7-13-4-8-3-10(9-5-17-6-9)12(16)15(2)11(8)14-7/h3-4,9H,5-6H2,1-2H3. The molecule has 3 rings (SSSR count). The van der Waals surface area contributed by atoms with Gasteiger partial charge < -0.3 is 4.74 Å². The number of hydrogen-bond donors (Lipinski definition) is 0. The first-order valence-corrected chi connectivity index (χ1v) is 5.58. The van der Waals surface area contributed by atoms with E-state index in [0.29, 0.717) is 24.7 Å². The van der Waals surface area contributed by atoms with Gasteiger partial charge in [0, 0.05) is 30.1 Å². The van der Waals surface area contributed by atoms with E-state index in [2.05, 4.69) is 9.97 Å². The van der Waals surface area contributed by atoms with E-state index in [0.717, 1.165) is 10.9 Å². The Labute approximate surface area is 98.1 Å². The van der Waals surface area contributed by atoms with Crippen LogP contribution in [0.15, 0.2) is 17.1 Å². The Balaban J connectivity index is 2.29. The topological polar surface area (TPSA) is 57.0 Å². The van der Waals surface area contributed by atoms with Gasteiger partial charge in [-0.25, -0.2) is 9.97 Å². The molecule has 0 amide bonds.